The maximum absolute atomic E-state index is 4.98. The van der Waals surface area contributed by atoms with Gasteiger partial charge < -0.3 is 4.90 Å². The topological polar surface area (TPSA) is 32.3 Å². The SMILES string of the molecule is Cc1cccc(CN(Cc2cccc3ccccc23)C2CCCCC2N(C)c2cccc3ccc(C)nc23)n1. The van der Waals surface area contributed by atoms with Crippen LogP contribution in [0.2, 0.25) is 0 Å². The van der Waals surface area contributed by atoms with Crippen LogP contribution >= 0.6 is 0 Å². The summed E-state index contributed by atoms with van der Waals surface area (Å²) in [6.07, 6.45) is 4.88. The lowest BCUT2D eigenvalue weighted by atomic mass is 9.87. The summed E-state index contributed by atoms with van der Waals surface area (Å²) in [5, 5.41) is 3.85. The second-order valence-electron chi connectivity index (χ2n) is 11.1. The molecule has 0 amide bonds. The van der Waals surface area contributed by atoms with Crippen molar-refractivity contribution in [1.82, 2.24) is 14.9 Å². The van der Waals surface area contributed by atoms with Crippen LogP contribution in [0.15, 0.2) is 91.0 Å². The van der Waals surface area contributed by atoms with Gasteiger partial charge in [-0.05, 0) is 67.3 Å². The molecule has 1 aliphatic rings. The van der Waals surface area contributed by atoms with Gasteiger partial charge in [0.15, 0.2) is 0 Å². The molecule has 2 atom stereocenters. The Morgan fingerprint density at radius 1 is 0.667 bits per heavy atom. The van der Waals surface area contributed by atoms with Crippen molar-refractivity contribution in [3.63, 3.8) is 0 Å². The molecule has 0 radical (unpaired) electrons. The van der Waals surface area contributed by atoms with E-state index in [-0.39, 0.29) is 0 Å². The second-order valence-corrected chi connectivity index (χ2v) is 11.1. The van der Waals surface area contributed by atoms with Crippen LogP contribution in [0.25, 0.3) is 21.7 Å². The van der Waals surface area contributed by atoms with E-state index in [0.29, 0.717) is 12.1 Å². The molecule has 0 aliphatic heterocycles. The van der Waals surface area contributed by atoms with E-state index in [9.17, 15) is 0 Å². The molecule has 2 unspecified atom stereocenters. The number of likely N-dealkylation sites (N-methyl/N-ethyl adjacent to an activating group) is 1. The van der Waals surface area contributed by atoms with E-state index in [2.05, 4.69) is 122 Å². The average molecular weight is 515 g/mol. The third kappa shape index (κ3) is 5.39. The highest BCUT2D eigenvalue weighted by molar-refractivity contribution is 5.91. The Hall–Kier alpha value is -3.76. The molecule has 39 heavy (non-hydrogen) atoms. The summed E-state index contributed by atoms with van der Waals surface area (Å²) in [6, 6.07) is 33.6. The zero-order valence-electron chi connectivity index (χ0n) is 23.3. The summed E-state index contributed by atoms with van der Waals surface area (Å²) in [5.41, 5.74) is 7.00. The lowest BCUT2D eigenvalue weighted by Gasteiger charge is -2.45. The van der Waals surface area contributed by atoms with Gasteiger partial charge in [-0.15, -0.1) is 0 Å². The first-order valence-corrected chi connectivity index (χ1v) is 14.3. The number of hydrogen-bond acceptors (Lipinski definition) is 4. The number of nitrogens with zero attached hydrogens (tertiary/aromatic N) is 4. The smallest absolute Gasteiger partial charge is 0.0938 e. The quantitative estimate of drug-likeness (QED) is 0.221. The summed E-state index contributed by atoms with van der Waals surface area (Å²) < 4.78 is 0. The molecule has 198 valence electrons. The van der Waals surface area contributed by atoms with Gasteiger partial charge in [0, 0.05) is 49.0 Å². The van der Waals surface area contributed by atoms with Crippen molar-refractivity contribution in [2.45, 2.75) is 64.7 Å². The highest BCUT2D eigenvalue weighted by Gasteiger charge is 2.34. The maximum atomic E-state index is 4.98. The third-order valence-corrected chi connectivity index (χ3v) is 8.44. The van der Waals surface area contributed by atoms with Crippen LogP contribution in [-0.4, -0.2) is 34.0 Å². The number of aromatic nitrogens is 2. The molecule has 4 heteroatoms. The van der Waals surface area contributed by atoms with Crippen LogP contribution < -0.4 is 4.90 Å². The van der Waals surface area contributed by atoms with Crippen molar-refractivity contribution >= 4 is 27.4 Å². The number of para-hydroxylation sites is 1. The Kier molecular flexibility index (Phi) is 7.30. The Morgan fingerprint density at radius 2 is 1.38 bits per heavy atom. The van der Waals surface area contributed by atoms with E-state index < -0.39 is 0 Å². The van der Waals surface area contributed by atoms with E-state index in [0.717, 1.165) is 35.7 Å². The van der Waals surface area contributed by atoms with Crippen LogP contribution in [0.5, 0.6) is 0 Å². The van der Waals surface area contributed by atoms with Gasteiger partial charge in [0.2, 0.25) is 0 Å². The molecule has 0 saturated heterocycles. The van der Waals surface area contributed by atoms with Gasteiger partial charge in [-0.2, -0.15) is 0 Å². The normalized spacial score (nSPS) is 17.6. The number of pyridine rings is 2. The molecule has 0 N–H and O–H groups in total. The van der Waals surface area contributed by atoms with Gasteiger partial charge >= 0.3 is 0 Å². The van der Waals surface area contributed by atoms with Gasteiger partial charge in [0.25, 0.3) is 0 Å². The molecule has 2 heterocycles. The van der Waals surface area contributed by atoms with Crippen LogP contribution in [0.3, 0.4) is 0 Å². The minimum Gasteiger partial charge on any atom is -0.368 e. The maximum Gasteiger partial charge on any atom is 0.0938 e. The lowest BCUT2D eigenvalue weighted by molar-refractivity contribution is 0.119. The number of anilines is 1. The second kappa shape index (κ2) is 11.2. The molecule has 0 bridgehead atoms. The first-order valence-electron chi connectivity index (χ1n) is 14.3. The number of aryl methyl sites for hydroxylation is 2. The van der Waals surface area contributed by atoms with Crippen LogP contribution in [0.1, 0.15) is 48.3 Å². The van der Waals surface area contributed by atoms with E-state index in [1.165, 1.54) is 53.1 Å². The van der Waals surface area contributed by atoms with Crippen molar-refractivity contribution in [2.75, 3.05) is 11.9 Å². The molecular formula is C35H38N4. The van der Waals surface area contributed by atoms with Gasteiger partial charge in [-0.25, -0.2) is 0 Å². The highest BCUT2D eigenvalue weighted by atomic mass is 15.2. The summed E-state index contributed by atoms with van der Waals surface area (Å²) >= 11 is 0. The van der Waals surface area contributed by atoms with Crippen molar-refractivity contribution in [3.8, 4) is 0 Å². The summed E-state index contributed by atoms with van der Waals surface area (Å²) in [6.45, 7) is 5.91. The van der Waals surface area contributed by atoms with Gasteiger partial charge in [0.05, 0.1) is 16.9 Å². The fourth-order valence-corrected chi connectivity index (χ4v) is 6.50. The van der Waals surface area contributed by atoms with Crippen molar-refractivity contribution < 1.29 is 0 Å². The lowest BCUT2D eigenvalue weighted by Crippen LogP contribution is -2.52. The fourth-order valence-electron chi connectivity index (χ4n) is 6.50. The Balaban J connectivity index is 1.39. The van der Waals surface area contributed by atoms with E-state index in [4.69, 9.17) is 9.97 Å². The Labute approximate surface area is 232 Å². The first kappa shape index (κ1) is 25.5. The van der Waals surface area contributed by atoms with Gasteiger partial charge in [-0.3, -0.25) is 14.9 Å². The van der Waals surface area contributed by atoms with Crippen LogP contribution in [0, 0.1) is 13.8 Å². The zero-order chi connectivity index (χ0) is 26.8. The first-order chi connectivity index (χ1) is 19.1. The number of fused-ring (bicyclic) bond motifs is 2. The zero-order valence-corrected chi connectivity index (χ0v) is 23.3. The minimum atomic E-state index is 0.395. The summed E-state index contributed by atoms with van der Waals surface area (Å²) in [7, 11) is 2.28. The monoisotopic (exact) mass is 514 g/mol. The Morgan fingerprint density at radius 3 is 2.26 bits per heavy atom. The van der Waals surface area contributed by atoms with Crippen LogP contribution in [-0.2, 0) is 13.1 Å². The number of rotatable bonds is 7. The van der Waals surface area contributed by atoms with E-state index >= 15 is 0 Å². The van der Waals surface area contributed by atoms with Crippen LogP contribution in [0.4, 0.5) is 5.69 Å². The largest absolute Gasteiger partial charge is 0.368 e. The fraction of sp³-hybridized carbons (Fsp3) is 0.314. The molecule has 6 rings (SSSR count). The molecule has 0 spiro atoms. The summed E-state index contributed by atoms with van der Waals surface area (Å²) in [4.78, 5) is 15.1. The van der Waals surface area contributed by atoms with Gasteiger partial charge in [0.1, 0.15) is 0 Å². The molecule has 1 fully saturated rings. The van der Waals surface area contributed by atoms with Gasteiger partial charge in [-0.1, -0.05) is 79.6 Å². The highest BCUT2D eigenvalue weighted by Crippen LogP contribution is 2.34. The third-order valence-electron chi connectivity index (χ3n) is 8.44. The van der Waals surface area contributed by atoms with Crippen molar-refractivity contribution in [1.29, 1.82) is 0 Å². The molecule has 4 nitrogen and oxygen atoms in total. The average Bonchev–Trinajstić information content (AvgIpc) is 2.96. The minimum absolute atomic E-state index is 0.395. The van der Waals surface area contributed by atoms with Crippen molar-refractivity contribution in [2.24, 2.45) is 0 Å². The molecule has 5 aromatic rings. The summed E-state index contributed by atoms with van der Waals surface area (Å²) in [5.74, 6) is 0. The van der Waals surface area contributed by atoms with E-state index in [1.807, 2.05) is 0 Å². The number of hydrogen-bond donors (Lipinski definition) is 0. The van der Waals surface area contributed by atoms with E-state index in [1.54, 1.807) is 0 Å². The predicted octanol–water partition coefficient (Wildman–Crippen LogP) is 7.85. The molecule has 3 aromatic carbocycles. The standard InChI is InChI=1S/C35H38N4/c1-25-11-8-16-30(36-25)24-39(23-29-15-9-13-27-12-4-5-17-31(27)29)33-19-7-6-18-32(33)38(3)34-20-10-14-28-22-21-26(2)37-35(28)34/h4-5,8-17,20-22,32-33H,6-7,18-19,23-24H2,1-3H3. The molecule has 2 aromatic heterocycles. The molecular weight excluding hydrogens is 476 g/mol. The Bertz CT molecular complexity index is 1590. The predicted molar refractivity (Wildman–Crippen MR) is 163 cm³/mol. The molecule has 1 saturated carbocycles. The molecule has 1 aliphatic carbocycles. The number of benzene rings is 3. The van der Waals surface area contributed by atoms with Crippen molar-refractivity contribution in [3.05, 3.63) is 114 Å².